The van der Waals surface area contributed by atoms with Gasteiger partial charge in [0.25, 0.3) is 0 Å². The fourth-order valence-corrected chi connectivity index (χ4v) is 1.74. The molecule has 2 rings (SSSR count). The first kappa shape index (κ1) is 4.80. The molecule has 1 heterocycles. The van der Waals surface area contributed by atoms with Crippen LogP contribution in [0, 0.1) is 11.8 Å². The number of rotatable bonds is 0. The summed E-state index contributed by atoms with van der Waals surface area (Å²) >= 11 is 0. The topological polar surface area (TPSA) is 12.5 Å². The summed E-state index contributed by atoms with van der Waals surface area (Å²) in [6, 6.07) is 0. The molecular weight excluding hydrogens is 100 g/mol. The minimum atomic E-state index is 0.402. The van der Waals surface area contributed by atoms with Gasteiger partial charge in [0.15, 0.2) is 0 Å². The summed E-state index contributed by atoms with van der Waals surface area (Å²) in [6.07, 6.45) is 1.31. The predicted octanol–water partition coefficient (Wildman–Crippen LogP) is 1.43. The third kappa shape index (κ3) is 0.368. The fourth-order valence-electron chi connectivity index (χ4n) is 1.74. The van der Waals surface area contributed by atoms with Crippen LogP contribution in [0.5, 0.6) is 0 Å². The van der Waals surface area contributed by atoms with Gasteiger partial charge in [-0.15, -0.1) is 0 Å². The van der Waals surface area contributed by atoms with Gasteiger partial charge in [0.05, 0.1) is 12.2 Å². The van der Waals surface area contributed by atoms with Crippen molar-refractivity contribution in [3.8, 4) is 0 Å². The molecule has 0 radical (unpaired) electrons. The molecule has 0 aromatic heterocycles. The molecule has 2 fully saturated rings. The third-order valence-corrected chi connectivity index (χ3v) is 2.87. The first-order valence-electron chi connectivity index (χ1n) is 3.38. The van der Waals surface area contributed by atoms with E-state index in [9.17, 15) is 0 Å². The molecule has 8 heavy (non-hydrogen) atoms. The molecule has 0 aromatic rings. The van der Waals surface area contributed by atoms with Crippen molar-refractivity contribution in [3.05, 3.63) is 0 Å². The lowest BCUT2D eigenvalue weighted by atomic mass is 9.67. The zero-order valence-electron chi connectivity index (χ0n) is 5.48. The Labute approximate surface area is 50.0 Å². The Morgan fingerprint density at radius 1 is 1.50 bits per heavy atom. The van der Waals surface area contributed by atoms with Crippen LogP contribution in [0.3, 0.4) is 0 Å². The lowest BCUT2D eigenvalue weighted by Gasteiger charge is -2.38. The third-order valence-electron chi connectivity index (χ3n) is 2.87. The molecule has 0 bridgehead atoms. The molecule has 1 aliphatic heterocycles. The van der Waals surface area contributed by atoms with Gasteiger partial charge in [-0.25, -0.2) is 0 Å². The van der Waals surface area contributed by atoms with Crippen LogP contribution in [0.25, 0.3) is 0 Å². The molecule has 3 unspecified atom stereocenters. The van der Waals surface area contributed by atoms with E-state index in [0.717, 1.165) is 18.4 Å². The van der Waals surface area contributed by atoms with E-state index in [1.807, 2.05) is 0 Å². The summed E-state index contributed by atoms with van der Waals surface area (Å²) < 4.78 is 5.31. The largest absolute Gasteiger partial charge is 0.369 e. The van der Waals surface area contributed by atoms with E-state index in [1.54, 1.807) is 0 Å². The summed E-state index contributed by atoms with van der Waals surface area (Å²) in [5.41, 5.74) is 0.402. The zero-order chi connectivity index (χ0) is 5.78. The summed E-state index contributed by atoms with van der Waals surface area (Å²) in [7, 11) is 0. The highest BCUT2D eigenvalue weighted by atomic mass is 16.6. The lowest BCUT2D eigenvalue weighted by molar-refractivity contribution is 0.0544. The molecule has 0 N–H and O–H groups in total. The van der Waals surface area contributed by atoms with Gasteiger partial charge in [-0.05, 0) is 18.3 Å². The van der Waals surface area contributed by atoms with Crippen molar-refractivity contribution >= 4 is 0 Å². The Kier molecular flexibility index (Phi) is 0.663. The highest BCUT2D eigenvalue weighted by Crippen LogP contribution is 2.54. The highest BCUT2D eigenvalue weighted by molar-refractivity contribution is 5.07. The van der Waals surface area contributed by atoms with Crippen LogP contribution in [-0.4, -0.2) is 12.2 Å². The first-order chi connectivity index (χ1) is 3.75. The Bertz CT molecular complexity index is 116. The van der Waals surface area contributed by atoms with Crippen molar-refractivity contribution in [1.29, 1.82) is 0 Å². The van der Waals surface area contributed by atoms with E-state index in [-0.39, 0.29) is 0 Å². The average molecular weight is 112 g/mol. The quantitative estimate of drug-likeness (QED) is 0.432. The summed E-state index contributed by atoms with van der Waals surface area (Å²) in [5, 5.41) is 0. The van der Waals surface area contributed by atoms with Gasteiger partial charge >= 0.3 is 0 Å². The number of hydrogen-bond donors (Lipinski definition) is 0. The summed E-state index contributed by atoms with van der Waals surface area (Å²) in [6.45, 7) is 5.64. The lowest BCUT2D eigenvalue weighted by Crippen LogP contribution is -2.41. The molecule has 2 aliphatic rings. The molecule has 46 valence electrons. The van der Waals surface area contributed by atoms with Crippen LogP contribution < -0.4 is 0 Å². The van der Waals surface area contributed by atoms with Gasteiger partial charge < -0.3 is 4.74 Å². The number of hydrogen-bond acceptors (Lipinski definition) is 1. The van der Waals surface area contributed by atoms with E-state index in [1.165, 1.54) is 6.42 Å². The second-order valence-electron chi connectivity index (χ2n) is 3.32. The maximum Gasteiger partial charge on any atom is 0.0947 e. The minimum Gasteiger partial charge on any atom is -0.369 e. The highest BCUT2D eigenvalue weighted by Gasteiger charge is 2.59. The predicted molar refractivity (Wildman–Crippen MR) is 31.6 cm³/mol. The van der Waals surface area contributed by atoms with E-state index in [4.69, 9.17) is 4.74 Å². The van der Waals surface area contributed by atoms with Gasteiger partial charge in [0, 0.05) is 0 Å². The molecule has 1 heteroatoms. The van der Waals surface area contributed by atoms with Gasteiger partial charge in [0.1, 0.15) is 0 Å². The maximum absolute atomic E-state index is 5.31. The van der Waals surface area contributed by atoms with E-state index in [0.29, 0.717) is 5.60 Å². The molecule has 1 nitrogen and oxygen atoms in total. The monoisotopic (exact) mass is 112 g/mol. The Hall–Kier alpha value is -0.0400. The molecule has 0 aromatic carbocycles. The van der Waals surface area contributed by atoms with Crippen LogP contribution in [0.15, 0.2) is 0 Å². The second kappa shape index (κ2) is 1.10. The fraction of sp³-hybridized carbons (Fsp3) is 1.00. The smallest absolute Gasteiger partial charge is 0.0947 e. The molecule has 1 saturated heterocycles. The standard InChI is InChI=1S/C7H12O/c1-5-3-7(4-8-7)6(5)2/h5-6H,3-4H2,1-2H3. The maximum atomic E-state index is 5.31. The van der Waals surface area contributed by atoms with Crippen molar-refractivity contribution in [2.75, 3.05) is 6.61 Å². The SMILES string of the molecule is CC1CC2(CO2)C1C. The molecular formula is C7H12O. The average Bonchev–Trinajstić information content (AvgIpc) is 2.49. The Morgan fingerprint density at radius 2 is 2.12 bits per heavy atom. The molecule has 3 atom stereocenters. The van der Waals surface area contributed by atoms with Crippen LogP contribution in [0.4, 0.5) is 0 Å². The van der Waals surface area contributed by atoms with Crippen LogP contribution >= 0.6 is 0 Å². The van der Waals surface area contributed by atoms with Gasteiger partial charge in [-0.2, -0.15) is 0 Å². The van der Waals surface area contributed by atoms with Crippen molar-refractivity contribution in [2.24, 2.45) is 11.8 Å². The Morgan fingerprint density at radius 3 is 2.25 bits per heavy atom. The van der Waals surface area contributed by atoms with Crippen molar-refractivity contribution in [3.63, 3.8) is 0 Å². The number of epoxide rings is 1. The minimum absolute atomic E-state index is 0.402. The van der Waals surface area contributed by atoms with Gasteiger partial charge in [0.2, 0.25) is 0 Å². The van der Waals surface area contributed by atoms with E-state index in [2.05, 4.69) is 13.8 Å². The van der Waals surface area contributed by atoms with Gasteiger partial charge in [-0.1, -0.05) is 13.8 Å². The van der Waals surface area contributed by atoms with Crippen molar-refractivity contribution in [1.82, 2.24) is 0 Å². The first-order valence-corrected chi connectivity index (χ1v) is 3.38. The number of ether oxygens (including phenoxy) is 1. The van der Waals surface area contributed by atoms with Crippen molar-refractivity contribution < 1.29 is 4.74 Å². The van der Waals surface area contributed by atoms with Crippen LogP contribution in [-0.2, 0) is 4.74 Å². The summed E-state index contributed by atoms with van der Waals surface area (Å²) in [5.74, 6) is 1.75. The molecule has 1 saturated carbocycles. The Balaban J connectivity index is 2.06. The molecule has 1 spiro atoms. The van der Waals surface area contributed by atoms with Crippen molar-refractivity contribution in [2.45, 2.75) is 25.9 Å². The van der Waals surface area contributed by atoms with E-state index >= 15 is 0 Å². The van der Waals surface area contributed by atoms with Crippen LogP contribution in [0.1, 0.15) is 20.3 Å². The van der Waals surface area contributed by atoms with E-state index < -0.39 is 0 Å². The normalized spacial score (nSPS) is 60.8. The van der Waals surface area contributed by atoms with Gasteiger partial charge in [-0.3, -0.25) is 0 Å². The van der Waals surface area contributed by atoms with Crippen LogP contribution in [0.2, 0.25) is 0 Å². The molecule has 0 amide bonds. The zero-order valence-corrected chi connectivity index (χ0v) is 5.48. The molecule has 1 aliphatic carbocycles. The second-order valence-corrected chi connectivity index (χ2v) is 3.32. The summed E-state index contributed by atoms with van der Waals surface area (Å²) in [4.78, 5) is 0.